The van der Waals surface area contributed by atoms with Crippen molar-refractivity contribution in [3.05, 3.63) is 74.3 Å². The van der Waals surface area contributed by atoms with Crippen LogP contribution in [0.25, 0.3) is 6.08 Å². The Bertz CT molecular complexity index is 831. The van der Waals surface area contributed by atoms with Crippen LogP contribution in [0.2, 0.25) is 0 Å². The number of rotatable bonds is 5. The van der Waals surface area contributed by atoms with Crippen LogP contribution in [0.15, 0.2) is 53.0 Å². The van der Waals surface area contributed by atoms with E-state index in [2.05, 4.69) is 21.2 Å². The van der Waals surface area contributed by atoms with Gasteiger partial charge in [-0.1, -0.05) is 15.9 Å². The molecule has 0 aliphatic rings. The summed E-state index contributed by atoms with van der Waals surface area (Å²) in [4.78, 5) is 33.0. The first-order valence-corrected chi connectivity index (χ1v) is 7.40. The number of aromatic carboxylic acids is 1. The van der Waals surface area contributed by atoms with Crippen LogP contribution in [0, 0.1) is 10.1 Å². The van der Waals surface area contributed by atoms with E-state index in [0.717, 1.165) is 0 Å². The van der Waals surface area contributed by atoms with Crippen molar-refractivity contribution in [1.82, 2.24) is 0 Å². The maximum absolute atomic E-state index is 11.9. The van der Waals surface area contributed by atoms with Crippen LogP contribution in [-0.4, -0.2) is 16.8 Å². The third kappa shape index (κ3) is 4.50. The van der Waals surface area contributed by atoms with Crippen molar-refractivity contribution >= 4 is 45.3 Å². The minimum atomic E-state index is -1.41. The Kier molecular flexibility index (Phi) is 5.43. The summed E-state index contributed by atoms with van der Waals surface area (Å²) < 4.78 is 0.543. The first kappa shape index (κ1) is 17.4. The van der Waals surface area contributed by atoms with Gasteiger partial charge in [0.2, 0.25) is 5.91 Å². The Hall–Kier alpha value is -3.00. The van der Waals surface area contributed by atoms with Crippen molar-refractivity contribution in [2.75, 3.05) is 5.32 Å². The van der Waals surface area contributed by atoms with Gasteiger partial charge in [-0.25, -0.2) is 0 Å². The molecule has 0 aliphatic carbocycles. The van der Waals surface area contributed by atoms with E-state index in [1.54, 1.807) is 6.07 Å². The summed E-state index contributed by atoms with van der Waals surface area (Å²) in [6.07, 6.45) is 2.65. The van der Waals surface area contributed by atoms with Crippen molar-refractivity contribution in [1.29, 1.82) is 0 Å². The highest BCUT2D eigenvalue weighted by Crippen LogP contribution is 2.20. The third-order valence-electron chi connectivity index (χ3n) is 2.99. The molecule has 0 bridgehead atoms. The molecule has 2 aromatic carbocycles. The van der Waals surface area contributed by atoms with E-state index in [1.165, 1.54) is 48.6 Å². The molecular weight excluding hydrogens is 380 g/mol. The third-order valence-corrected chi connectivity index (χ3v) is 3.48. The lowest BCUT2D eigenvalue weighted by molar-refractivity contribution is -0.384. The quantitative estimate of drug-likeness (QED) is 0.479. The summed E-state index contributed by atoms with van der Waals surface area (Å²) in [5.74, 6) is -1.95. The molecule has 8 heteroatoms. The number of nitrogens with one attached hydrogen (secondary N) is 1. The lowest BCUT2D eigenvalue weighted by atomic mass is 10.1. The number of amides is 1. The van der Waals surface area contributed by atoms with E-state index < -0.39 is 16.8 Å². The number of hydrogen-bond donors (Lipinski definition) is 1. The number of carbonyl (C=O) groups is 2. The normalized spacial score (nSPS) is 10.5. The Morgan fingerprint density at radius 1 is 1.12 bits per heavy atom. The minimum absolute atomic E-state index is 0.0509. The molecule has 1 amide bonds. The summed E-state index contributed by atoms with van der Waals surface area (Å²) in [5.41, 5.74) is 0.495. The van der Waals surface area contributed by atoms with Gasteiger partial charge in [0.05, 0.1) is 16.6 Å². The highest BCUT2D eigenvalue weighted by molar-refractivity contribution is 9.10. The molecule has 1 N–H and O–H groups in total. The molecule has 0 aromatic heterocycles. The zero-order valence-corrected chi connectivity index (χ0v) is 13.6. The molecule has 2 aromatic rings. The second-order valence-electron chi connectivity index (χ2n) is 4.65. The fourth-order valence-electron chi connectivity index (χ4n) is 1.85. The van der Waals surface area contributed by atoms with Gasteiger partial charge in [-0.3, -0.25) is 14.9 Å². The van der Waals surface area contributed by atoms with Crippen molar-refractivity contribution in [3.63, 3.8) is 0 Å². The lowest BCUT2D eigenvalue weighted by Crippen LogP contribution is -2.24. The molecular formula is C16H10BrN2O5-. The lowest BCUT2D eigenvalue weighted by Gasteiger charge is -2.11. The SMILES string of the molecule is O=C(/C=C/c1ccc([N+](=O)[O-])cc1)Nc1ccc(Br)cc1C(=O)[O-]. The summed E-state index contributed by atoms with van der Waals surface area (Å²) in [7, 11) is 0. The van der Waals surface area contributed by atoms with Gasteiger partial charge in [0, 0.05) is 28.2 Å². The number of carboxylic acids is 1. The Labute approximate surface area is 144 Å². The maximum atomic E-state index is 11.9. The van der Waals surface area contributed by atoms with E-state index in [1.807, 2.05) is 0 Å². The topological polar surface area (TPSA) is 112 Å². The summed E-state index contributed by atoms with van der Waals surface area (Å²) in [6.45, 7) is 0. The second kappa shape index (κ2) is 7.51. The van der Waals surface area contributed by atoms with Crippen LogP contribution in [0.3, 0.4) is 0 Å². The molecule has 24 heavy (non-hydrogen) atoms. The smallest absolute Gasteiger partial charge is 0.269 e. The van der Waals surface area contributed by atoms with Gasteiger partial charge in [0.1, 0.15) is 0 Å². The standard InChI is InChI=1S/C16H11BrN2O5/c17-11-4-7-14(13(9-11)16(21)22)18-15(20)8-3-10-1-5-12(6-2-10)19(23)24/h1-9H,(H,18,20)(H,21,22)/p-1/b8-3+. The number of halogens is 1. The predicted molar refractivity (Wildman–Crippen MR) is 89.2 cm³/mol. The molecule has 0 unspecified atom stereocenters. The first-order valence-electron chi connectivity index (χ1n) is 6.61. The number of benzene rings is 2. The molecule has 0 atom stereocenters. The molecule has 7 nitrogen and oxygen atoms in total. The molecule has 0 aliphatic heterocycles. The Balaban J connectivity index is 2.10. The summed E-state index contributed by atoms with van der Waals surface area (Å²) in [5, 5.41) is 24.1. The number of nitro groups is 1. The van der Waals surface area contributed by atoms with E-state index in [4.69, 9.17) is 0 Å². The van der Waals surface area contributed by atoms with Gasteiger partial charge in [-0.15, -0.1) is 0 Å². The number of hydrogen-bond acceptors (Lipinski definition) is 5. The van der Waals surface area contributed by atoms with Gasteiger partial charge < -0.3 is 15.2 Å². The van der Waals surface area contributed by atoms with Crippen molar-refractivity contribution < 1.29 is 19.6 Å². The molecule has 122 valence electrons. The number of non-ortho nitro benzene ring substituents is 1. The van der Waals surface area contributed by atoms with Gasteiger partial charge in [0.15, 0.2) is 0 Å². The van der Waals surface area contributed by atoms with Gasteiger partial charge >= 0.3 is 0 Å². The number of nitro benzene ring substituents is 1. The summed E-state index contributed by atoms with van der Waals surface area (Å²) in [6, 6.07) is 9.98. The van der Waals surface area contributed by atoms with Crippen LogP contribution in [-0.2, 0) is 4.79 Å². The average Bonchev–Trinajstić information content (AvgIpc) is 2.54. The molecule has 2 rings (SSSR count). The first-order chi connectivity index (χ1) is 11.4. The molecule has 0 radical (unpaired) electrons. The van der Waals surface area contributed by atoms with Crippen LogP contribution >= 0.6 is 15.9 Å². The van der Waals surface area contributed by atoms with E-state index in [-0.39, 0.29) is 16.9 Å². The van der Waals surface area contributed by atoms with E-state index in [0.29, 0.717) is 10.0 Å². The Morgan fingerprint density at radius 2 is 1.79 bits per heavy atom. The molecule has 0 spiro atoms. The van der Waals surface area contributed by atoms with Crippen molar-refractivity contribution in [2.24, 2.45) is 0 Å². The predicted octanol–water partition coefficient (Wildman–Crippen LogP) is 2.37. The number of nitrogens with zero attached hydrogens (tertiary/aromatic N) is 1. The minimum Gasteiger partial charge on any atom is -0.545 e. The van der Waals surface area contributed by atoms with Gasteiger partial charge in [-0.2, -0.15) is 0 Å². The second-order valence-corrected chi connectivity index (χ2v) is 5.56. The fraction of sp³-hybridized carbons (Fsp3) is 0. The Morgan fingerprint density at radius 3 is 2.38 bits per heavy atom. The van der Waals surface area contributed by atoms with E-state index in [9.17, 15) is 24.8 Å². The number of carboxylic acid groups (broad SMARTS) is 1. The number of anilines is 1. The largest absolute Gasteiger partial charge is 0.545 e. The van der Waals surface area contributed by atoms with Gasteiger partial charge in [-0.05, 0) is 42.0 Å². The van der Waals surface area contributed by atoms with Gasteiger partial charge in [0.25, 0.3) is 5.69 Å². The summed E-state index contributed by atoms with van der Waals surface area (Å²) >= 11 is 3.14. The maximum Gasteiger partial charge on any atom is 0.269 e. The van der Waals surface area contributed by atoms with Crippen LogP contribution < -0.4 is 10.4 Å². The monoisotopic (exact) mass is 389 g/mol. The zero-order chi connectivity index (χ0) is 17.7. The van der Waals surface area contributed by atoms with Crippen molar-refractivity contribution in [2.45, 2.75) is 0 Å². The van der Waals surface area contributed by atoms with E-state index >= 15 is 0 Å². The highest BCUT2D eigenvalue weighted by atomic mass is 79.9. The molecule has 0 saturated heterocycles. The highest BCUT2D eigenvalue weighted by Gasteiger charge is 2.07. The van der Waals surface area contributed by atoms with Crippen LogP contribution in [0.1, 0.15) is 15.9 Å². The average molecular weight is 390 g/mol. The fourth-order valence-corrected chi connectivity index (χ4v) is 2.21. The number of carbonyl (C=O) groups excluding carboxylic acids is 2. The molecule has 0 saturated carbocycles. The van der Waals surface area contributed by atoms with Crippen LogP contribution in [0.5, 0.6) is 0 Å². The molecule has 0 fully saturated rings. The molecule has 0 heterocycles. The van der Waals surface area contributed by atoms with Crippen LogP contribution in [0.4, 0.5) is 11.4 Å². The zero-order valence-electron chi connectivity index (χ0n) is 12.1. The van der Waals surface area contributed by atoms with Crippen molar-refractivity contribution in [3.8, 4) is 0 Å².